The summed E-state index contributed by atoms with van der Waals surface area (Å²) in [6.07, 6.45) is 0. The van der Waals surface area contributed by atoms with Crippen LogP contribution in [0.15, 0.2) is 24.3 Å². The molecule has 0 amide bonds. The summed E-state index contributed by atoms with van der Waals surface area (Å²) in [4.78, 5) is 9.73. The van der Waals surface area contributed by atoms with Gasteiger partial charge in [-0.15, -0.1) is 0 Å². The van der Waals surface area contributed by atoms with Gasteiger partial charge in [0.15, 0.2) is 0 Å². The number of nitrogens with zero attached hydrogens (tertiary/aromatic N) is 1. The van der Waals surface area contributed by atoms with E-state index in [1.54, 1.807) is 12.1 Å². The molecule has 0 unspecified atom stereocenters. The molecule has 0 aliphatic heterocycles. The van der Waals surface area contributed by atoms with Crippen molar-refractivity contribution in [1.82, 2.24) is 0 Å². The quantitative estimate of drug-likeness (QED) is 0.520. The van der Waals surface area contributed by atoms with Crippen LogP contribution in [-0.2, 0) is 6.54 Å². The molecule has 0 fully saturated rings. The van der Waals surface area contributed by atoms with E-state index in [0.29, 0.717) is 0 Å². The average molecular weight is 181 g/mol. The van der Waals surface area contributed by atoms with Gasteiger partial charge in [0.05, 0.1) is 0 Å². The van der Waals surface area contributed by atoms with Crippen molar-refractivity contribution in [2.75, 3.05) is 0 Å². The first kappa shape index (κ1) is 11.6. The maximum absolute atomic E-state index is 10.1. The monoisotopic (exact) mass is 181 g/mol. The lowest BCUT2D eigenvalue weighted by molar-refractivity contribution is -0.496. The predicted molar refractivity (Wildman–Crippen MR) is 53.2 cm³/mol. The van der Waals surface area contributed by atoms with Crippen LogP contribution in [0.1, 0.15) is 25.0 Å². The first-order chi connectivity index (χ1) is 6.18. The van der Waals surface area contributed by atoms with Crippen molar-refractivity contribution < 1.29 is 4.92 Å². The van der Waals surface area contributed by atoms with Gasteiger partial charge in [0.1, 0.15) is 0 Å². The highest BCUT2D eigenvalue weighted by molar-refractivity contribution is 5.20. The molecule has 13 heavy (non-hydrogen) atoms. The fraction of sp³-hybridized carbons (Fsp3) is 0.400. The van der Waals surface area contributed by atoms with Crippen molar-refractivity contribution in [1.29, 1.82) is 0 Å². The summed E-state index contributed by atoms with van der Waals surface area (Å²) >= 11 is 0. The van der Waals surface area contributed by atoms with Gasteiger partial charge >= 0.3 is 0 Å². The third kappa shape index (κ3) is 4.95. The molecule has 1 aromatic carbocycles. The zero-order chi connectivity index (χ0) is 10.3. The van der Waals surface area contributed by atoms with Gasteiger partial charge < -0.3 is 0 Å². The highest BCUT2D eigenvalue weighted by atomic mass is 16.6. The van der Waals surface area contributed by atoms with E-state index < -0.39 is 0 Å². The Morgan fingerprint density at radius 2 is 1.69 bits per heavy atom. The summed E-state index contributed by atoms with van der Waals surface area (Å²) in [7, 11) is 0. The van der Waals surface area contributed by atoms with Gasteiger partial charge in [-0.25, -0.2) is 0 Å². The largest absolute Gasteiger partial charge is 0.264 e. The number of hydrogen-bond donors (Lipinski definition) is 0. The molecule has 3 heteroatoms. The highest BCUT2D eigenvalue weighted by Crippen LogP contribution is 2.03. The van der Waals surface area contributed by atoms with Crippen molar-refractivity contribution in [3.05, 3.63) is 45.5 Å². The van der Waals surface area contributed by atoms with Crippen LogP contribution in [0.3, 0.4) is 0 Å². The van der Waals surface area contributed by atoms with E-state index in [-0.39, 0.29) is 11.5 Å². The van der Waals surface area contributed by atoms with Crippen molar-refractivity contribution in [2.45, 2.75) is 27.3 Å². The molecule has 0 bridgehead atoms. The van der Waals surface area contributed by atoms with E-state index in [0.717, 1.165) is 11.1 Å². The molecule has 72 valence electrons. The first-order valence-corrected chi connectivity index (χ1v) is 4.36. The highest BCUT2D eigenvalue weighted by Gasteiger charge is 1.98. The Kier molecular flexibility index (Phi) is 5.52. The van der Waals surface area contributed by atoms with Gasteiger partial charge in [-0.3, -0.25) is 10.1 Å². The minimum atomic E-state index is -0.329. The zero-order valence-corrected chi connectivity index (χ0v) is 8.28. The first-order valence-electron chi connectivity index (χ1n) is 4.36. The molecular formula is C10H15NO2. The lowest BCUT2D eigenvalue weighted by Crippen LogP contribution is -1.97. The van der Waals surface area contributed by atoms with Gasteiger partial charge in [-0.2, -0.15) is 0 Å². The molecule has 0 aromatic heterocycles. The molecule has 0 spiro atoms. The zero-order valence-electron chi connectivity index (χ0n) is 8.28. The lowest BCUT2D eigenvalue weighted by Gasteiger charge is -1.94. The van der Waals surface area contributed by atoms with Gasteiger partial charge in [0.25, 0.3) is 0 Å². The summed E-state index contributed by atoms with van der Waals surface area (Å²) < 4.78 is 0. The number of hydrogen-bond acceptors (Lipinski definition) is 2. The van der Waals surface area contributed by atoms with Gasteiger partial charge in [-0.05, 0) is 6.92 Å². The summed E-state index contributed by atoms with van der Waals surface area (Å²) in [5.41, 5.74) is 1.87. The Balaban J connectivity index is 0.000000671. The molecule has 0 aliphatic rings. The second-order valence-corrected chi connectivity index (χ2v) is 2.48. The molecule has 0 atom stereocenters. The molecule has 0 saturated carbocycles. The second-order valence-electron chi connectivity index (χ2n) is 2.48. The van der Waals surface area contributed by atoms with Crippen molar-refractivity contribution in [2.24, 2.45) is 0 Å². The van der Waals surface area contributed by atoms with Crippen molar-refractivity contribution >= 4 is 0 Å². The van der Waals surface area contributed by atoms with E-state index >= 15 is 0 Å². The Bertz CT molecular complexity index is 254. The van der Waals surface area contributed by atoms with Crippen LogP contribution in [0.4, 0.5) is 0 Å². The van der Waals surface area contributed by atoms with Crippen LogP contribution in [-0.4, -0.2) is 4.92 Å². The second kappa shape index (κ2) is 6.17. The molecule has 0 aliphatic carbocycles. The molecule has 1 rings (SSSR count). The molecule has 0 saturated heterocycles. The fourth-order valence-electron chi connectivity index (χ4n) is 0.843. The van der Waals surface area contributed by atoms with Gasteiger partial charge in [0, 0.05) is 10.5 Å². The summed E-state index contributed by atoms with van der Waals surface area (Å²) in [5.74, 6) is 0. The van der Waals surface area contributed by atoms with Crippen LogP contribution in [0, 0.1) is 17.0 Å². The van der Waals surface area contributed by atoms with E-state index in [2.05, 4.69) is 0 Å². The minimum Gasteiger partial charge on any atom is -0.264 e. The summed E-state index contributed by atoms with van der Waals surface area (Å²) in [6, 6.07) is 7.30. The molecule has 0 radical (unpaired) electrons. The van der Waals surface area contributed by atoms with Crippen LogP contribution in [0.2, 0.25) is 0 Å². The average Bonchev–Trinajstić information content (AvgIpc) is 2.12. The maximum atomic E-state index is 10.1. The van der Waals surface area contributed by atoms with Crippen LogP contribution < -0.4 is 0 Å². The van der Waals surface area contributed by atoms with Crippen LogP contribution in [0.25, 0.3) is 0 Å². The van der Waals surface area contributed by atoms with Crippen molar-refractivity contribution in [3.8, 4) is 0 Å². The lowest BCUT2D eigenvalue weighted by atomic mass is 10.2. The van der Waals surface area contributed by atoms with E-state index in [4.69, 9.17) is 0 Å². The number of aryl methyl sites for hydroxylation is 1. The molecule has 0 N–H and O–H groups in total. The number of benzene rings is 1. The Hall–Kier alpha value is -1.38. The van der Waals surface area contributed by atoms with E-state index in [9.17, 15) is 10.1 Å². The van der Waals surface area contributed by atoms with Gasteiger partial charge in [0.2, 0.25) is 6.54 Å². The molecule has 0 heterocycles. The standard InChI is InChI=1S/C8H9NO2.C2H6/c1-7-2-4-8(5-3-7)6-9(10)11;1-2/h2-5H,6H2,1H3;1-2H3. The summed E-state index contributed by atoms with van der Waals surface area (Å²) in [6.45, 7) is 5.87. The van der Waals surface area contributed by atoms with E-state index in [1.807, 2.05) is 32.9 Å². The minimum absolute atomic E-state index is 0.0831. The summed E-state index contributed by atoms with van der Waals surface area (Å²) in [5, 5.41) is 10.1. The van der Waals surface area contributed by atoms with Crippen LogP contribution >= 0.6 is 0 Å². The van der Waals surface area contributed by atoms with Crippen LogP contribution in [0.5, 0.6) is 0 Å². The van der Waals surface area contributed by atoms with Crippen molar-refractivity contribution in [3.63, 3.8) is 0 Å². The molecule has 3 nitrogen and oxygen atoms in total. The smallest absolute Gasteiger partial charge is 0.228 e. The maximum Gasteiger partial charge on any atom is 0.228 e. The molecular weight excluding hydrogens is 166 g/mol. The normalized spacial score (nSPS) is 8.54. The predicted octanol–water partition coefficient (Wildman–Crippen LogP) is 2.80. The topological polar surface area (TPSA) is 43.1 Å². The number of rotatable bonds is 2. The Morgan fingerprint density at radius 3 is 2.08 bits per heavy atom. The van der Waals surface area contributed by atoms with E-state index in [1.165, 1.54) is 0 Å². The fourth-order valence-corrected chi connectivity index (χ4v) is 0.843. The third-order valence-corrected chi connectivity index (χ3v) is 1.43. The Morgan fingerprint density at radius 1 is 1.23 bits per heavy atom. The molecule has 1 aromatic rings. The van der Waals surface area contributed by atoms with Gasteiger partial charge in [-0.1, -0.05) is 43.7 Å². The third-order valence-electron chi connectivity index (χ3n) is 1.43. The number of nitro groups is 1. The Labute approximate surface area is 78.5 Å². The SMILES string of the molecule is CC.Cc1ccc(C[N+](=O)[O-])cc1.